The number of sulfone groups is 1. The van der Waals surface area contributed by atoms with Gasteiger partial charge in [0.05, 0.1) is 10.6 Å². The largest absolute Gasteiger partial charge is 0.493 e. The molecule has 11 heteroatoms. The van der Waals surface area contributed by atoms with E-state index in [1.54, 1.807) is 4.72 Å². The molecule has 156 valence electrons. The summed E-state index contributed by atoms with van der Waals surface area (Å²) in [6.07, 6.45) is -4.75. The minimum Gasteiger partial charge on any atom is -0.493 e. The van der Waals surface area contributed by atoms with Crippen molar-refractivity contribution in [2.45, 2.75) is 44.8 Å². The van der Waals surface area contributed by atoms with Crippen molar-refractivity contribution in [2.24, 2.45) is 5.41 Å². The molecule has 1 atom stereocenters. The lowest BCUT2D eigenvalue weighted by Crippen LogP contribution is -2.52. The third kappa shape index (κ3) is 7.30. The van der Waals surface area contributed by atoms with Gasteiger partial charge in [0.25, 0.3) is 0 Å². The summed E-state index contributed by atoms with van der Waals surface area (Å²) in [7, 11) is -7.61. The van der Waals surface area contributed by atoms with Gasteiger partial charge in [0.2, 0.25) is 10.0 Å². The molecule has 0 aliphatic rings. The molecule has 0 aromatic heterocycles. The molecular formula is C16H24F3NO5S2. The summed E-state index contributed by atoms with van der Waals surface area (Å²) in [5, 5.41) is 0. The van der Waals surface area contributed by atoms with Gasteiger partial charge in [-0.2, -0.15) is 17.9 Å². The number of sulfonamides is 1. The topological polar surface area (TPSA) is 89.5 Å². The van der Waals surface area contributed by atoms with Crippen LogP contribution in [0.1, 0.15) is 27.7 Å². The Morgan fingerprint density at radius 3 is 1.96 bits per heavy atom. The molecule has 0 radical (unpaired) electrons. The highest BCUT2D eigenvalue weighted by molar-refractivity contribution is 7.91. The molecule has 0 amide bonds. The first-order chi connectivity index (χ1) is 12.1. The molecule has 0 bridgehead atoms. The summed E-state index contributed by atoms with van der Waals surface area (Å²) in [6, 6.07) is 2.45. The average Bonchev–Trinajstić information content (AvgIpc) is 2.51. The van der Waals surface area contributed by atoms with Crippen LogP contribution in [0.15, 0.2) is 29.2 Å². The van der Waals surface area contributed by atoms with Gasteiger partial charge < -0.3 is 4.74 Å². The molecule has 0 spiro atoms. The number of rotatable bonds is 8. The number of benzene rings is 1. The number of halogens is 3. The lowest BCUT2D eigenvalue weighted by atomic mass is 9.87. The van der Waals surface area contributed by atoms with Crippen molar-refractivity contribution in [2.75, 3.05) is 18.1 Å². The zero-order chi connectivity index (χ0) is 21.1. The lowest BCUT2D eigenvalue weighted by molar-refractivity contribution is -0.172. The first-order valence-corrected chi connectivity index (χ1v) is 11.4. The molecule has 27 heavy (non-hydrogen) atoms. The minimum absolute atomic E-state index is 0.0205. The van der Waals surface area contributed by atoms with Crippen LogP contribution in [-0.2, 0) is 19.9 Å². The summed E-state index contributed by atoms with van der Waals surface area (Å²) in [6.45, 7) is 5.26. The van der Waals surface area contributed by atoms with Gasteiger partial charge in [-0.3, -0.25) is 0 Å². The van der Waals surface area contributed by atoms with Crippen LogP contribution < -0.4 is 9.46 Å². The van der Waals surface area contributed by atoms with Gasteiger partial charge in [-0.15, -0.1) is 0 Å². The first-order valence-electron chi connectivity index (χ1n) is 8.11. The van der Waals surface area contributed by atoms with Gasteiger partial charge >= 0.3 is 6.18 Å². The number of nitrogens with one attached hydrogen (secondary N) is 1. The summed E-state index contributed by atoms with van der Waals surface area (Å²) < 4.78 is 93.9. The molecule has 0 aliphatic heterocycles. The van der Waals surface area contributed by atoms with Crippen LogP contribution in [0.4, 0.5) is 13.2 Å². The standard InChI is InChI=1S/C16H24F3NO5S2/c1-5-26(21,22)11-10-25-12-6-8-13(9-7-12)27(23,24)20-14(15(2,3)4)16(17,18)19/h6-9,14,20H,5,10-11H2,1-4H3. The van der Waals surface area contributed by atoms with Gasteiger partial charge in [0, 0.05) is 5.75 Å². The lowest BCUT2D eigenvalue weighted by Gasteiger charge is -2.32. The maximum absolute atomic E-state index is 13.2. The summed E-state index contributed by atoms with van der Waals surface area (Å²) >= 11 is 0. The Bertz CT molecular complexity index is 812. The van der Waals surface area contributed by atoms with E-state index >= 15 is 0 Å². The summed E-state index contributed by atoms with van der Waals surface area (Å²) in [5.74, 6) is 0.000523. The second kappa shape index (κ2) is 8.36. The number of alkyl halides is 3. The van der Waals surface area contributed by atoms with Crippen LogP contribution in [-0.4, -0.2) is 47.2 Å². The predicted molar refractivity (Wildman–Crippen MR) is 95.9 cm³/mol. The predicted octanol–water partition coefficient (Wildman–Crippen LogP) is 2.76. The molecule has 0 saturated heterocycles. The molecule has 1 rings (SSSR count). The van der Waals surface area contributed by atoms with Gasteiger partial charge in [0.15, 0.2) is 9.84 Å². The monoisotopic (exact) mass is 431 g/mol. The number of hydrogen-bond acceptors (Lipinski definition) is 5. The van der Waals surface area contributed by atoms with Gasteiger partial charge in [-0.25, -0.2) is 16.8 Å². The van der Waals surface area contributed by atoms with Crippen molar-refractivity contribution in [3.63, 3.8) is 0 Å². The van der Waals surface area contributed by atoms with Crippen molar-refractivity contribution >= 4 is 19.9 Å². The third-order valence-electron chi connectivity index (χ3n) is 3.70. The van der Waals surface area contributed by atoms with E-state index in [2.05, 4.69) is 0 Å². The second-order valence-corrected chi connectivity index (χ2v) is 11.2. The van der Waals surface area contributed by atoms with E-state index in [0.717, 1.165) is 12.1 Å². The Hall–Kier alpha value is -1.33. The fourth-order valence-electron chi connectivity index (χ4n) is 2.10. The second-order valence-electron chi connectivity index (χ2n) is 7.02. The molecular weight excluding hydrogens is 407 g/mol. The van der Waals surface area contributed by atoms with Gasteiger partial charge in [0.1, 0.15) is 18.4 Å². The van der Waals surface area contributed by atoms with Gasteiger partial charge in [-0.05, 0) is 29.7 Å². The molecule has 1 aromatic rings. The SMILES string of the molecule is CCS(=O)(=O)CCOc1ccc(S(=O)(=O)NC(C(C)(C)C)C(F)(F)F)cc1. The molecule has 0 heterocycles. The zero-order valence-electron chi connectivity index (χ0n) is 15.5. The third-order valence-corrected chi connectivity index (χ3v) is 6.81. The Labute approximate surface area is 158 Å². The number of ether oxygens (including phenoxy) is 1. The molecule has 1 unspecified atom stereocenters. The Kier molecular flexibility index (Phi) is 7.34. The summed E-state index contributed by atoms with van der Waals surface area (Å²) in [4.78, 5) is -0.352. The van der Waals surface area contributed by atoms with E-state index in [1.165, 1.54) is 39.8 Å². The summed E-state index contributed by atoms with van der Waals surface area (Å²) in [5.41, 5.74) is -1.38. The average molecular weight is 431 g/mol. The van der Waals surface area contributed by atoms with Crippen molar-refractivity contribution in [3.8, 4) is 5.75 Å². The van der Waals surface area contributed by atoms with Crippen molar-refractivity contribution in [1.82, 2.24) is 4.72 Å². The van der Waals surface area contributed by atoms with Crippen LogP contribution in [0.5, 0.6) is 5.75 Å². The van der Waals surface area contributed by atoms with E-state index < -0.39 is 37.5 Å². The van der Waals surface area contributed by atoms with Crippen molar-refractivity contribution in [1.29, 1.82) is 0 Å². The first kappa shape index (κ1) is 23.7. The molecule has 0 aliphatic carbocycles. The fraction of sp³-hybridized carbons (Fsp3) is 0.625. The van der Waals surface area contributed by atoms with E-state index in [4.69, 9.17) is 4.74 Å². The fourth-order valence-corrected chi connectivity index (χ4v) is 4.16. The maximum atomic E-state index is 13.2. The zero-order valence-corrected chi connectivity index (χ0v) is 17.1. The Morgan fingerprint density at radius 1 is 1.04 bits per heavy atom. The highest BCUT2D eigenvalue weighted by Gasteiger charge is 2.49. The quantitative estimate of drug-likeness (QED) is 0.684. The van der Waals surface area contributed by atoms with Crippen LogP contribution in [0, 0.1) is 5.41 Å². The van der Waals surface area contributed by atoms with Crippen molar-refractivity contribution < 1.29 is 34.7 Å². The molecule has 1 N–H and O–H groups in total. The van der Waals surface area contributed by atoms with E-state index in [-0.39, 0.29) is 28.8 Å². The molecule has 0 fully saturated rings. The van der Waals surface area contributed by atoms with Crippen LogP contribution in [0.3, 0.4) is 0 Å². The van der Waals surface area contributed by atoms with E-state index in [9.17, 15) is 30.0 Å². The van der Waals surface area contributed by atoms with Crippen LogP contribution in [0.2, 0.25) is 0 Å². The highest BCUT2D eigenvalue weighted by atomic mass is 32.2. The van der Waals surface area contributed by atoms with E-state index in [1.807, 2.05) is 0 Å². The highest BCUT2D eigenvalue weighted by Crippen LogP contribution is 2.34. The smallest absolute Gasteiger partial charge is 0.405 e. The molecule has 6 nitrogen and oxygen atoms in total. The maximum Gasteiger partial charge on any atom is 0.405 e. The molecule has 1 aromatic carbocycles. The van der Waals surface area contributed by atoms with E-state index in [0.29, 0.717) is 0 Å². The number of hydrogen-bond donors (Lipinski definition) is 1. The van der Waals surface area contributed by atoms with Crippen LogP contribution >= 0.6 is 0 Å². The Balaban J connectivity index is 2.90. The minimum atomic E-state index is -4.75. The normalized spacial score (nSPS) is 14.8. The molecule has 0 saturated carbocycles. The Morgan fingerprint density at radius 2 is 1.56 bits per heavy atom. The van der Waals surface area contributed by atoms with Crippen molar-refractivity contribution in [3.05, 3.63) is 24.3 Å². The van der Waals surface area contributed by atoms with Crippen LogP contribution in [0.25, 0.3) is 0 Å². The van der Waals surface area contributed by atoms with Gasteiger partial charge in [-0.1, -0.05) is 27.7 Å².